The Morgan fingerprint density at radius 1 is 1.44 bits per heavy atom. The van der Waals surface area contributed by atoms with Crippen molar-refractivity contribution < 1.29 is 4.39 Å². The Morgan fingerprint density at radius 2 is 2.12 bits per heavy atom. The average molecular weight is 273 g/mol. The van der Waals surface area contributed by atoms with Gasteiger partial charge < -0.3 is 5.32 Å². The summed E-state index contributed by atoms with van der Waals surface area (Å²) >= 11 is 6.84. The second-order valence-electron chi connectivity index (χ2n) is 4.77. The summed E-state index contributed by atoms with van der Waals surface area (Å²) in [6, 6.07) is 6.35. The zero-order valence-electron chi connectivity index (χ0n) is 9.71. The molecule has 0 saturated carbocycles. The Morgan fingerprint density at radius 3 is 2.69 bits per heavy atom. The smallest absolute Gasteiger partial charge is 0.137 e. The van der Waals surface area contributed by atoms with Crippen LogP contribution in [0.3, 0.4) is 0 Å². The van der Waals surface area contributed by atoms with Crippen LogP contribution < -0.4 is 5.32 Å². The van der Waals surface area contributed by atoms with E-state index in [1.807, 2.05) is 6.07 Å². The molecule has 0 bridgehead atoms. The van der Waals surface area contributed by atoms with Gasteiger partial charge in [0.15, 0.2) is 0 Å². The highest BCUT2D eigenvalue weighted by Crippen LogP contribution is 2.16. The van der Waals surface area contributed by atoms with Gasteiger partial charge in [0.05, 0.1) is 8.07 Å². The highest BCUT2D eigenvalue weighted by atomic mass is 32.2. The van der Waals surface area contributed by atoms with E-state index < -0.39 is 8.07 Å². The number of anilines is 1. The van der Waals surface area contributed by atoms with Gasteiger partial charge in [-0.1, -0.05) is 49.7 Å². The average Bonchev–Trinajstić information content (AvgIpc) is 2.14. The van der Waals surface area contributed by atoms with E-state index in [4.69, 9.17) is 12.2 Å². The van der Waals surface area contributed by atoms with Crippen molar-refractivity contribution in [1.29, 1.82) is 0 Å². The normalized spacial score (nSPS) is 11.2. The first-order valence-electron chi connectivity index (χ1n) is 5.06. The minimum absolute atomic E-state index is 0.247. The Bertz CT molecular complexity index is 376. The van der Waals surface area contributed by atoms with Gasteiger partial charge in [-0.15, -0.1) is 0 Å². The third-order valence-electron chi connectivity index (χ3n) is 1.71. The van der Waals surface area contributed by atoms with Crippen molar-refractivity contribution in [3.05, 3.63) is 30.1 Å². The van der Waals surface area contributed by atoms with Gasteiger partial charge in [-0.2, -0.15) is 0 Å². The molecule has 0 aliphatic carbocycles. The molecule has 0 radical (unpaired) electrons. The van der Waals surface area contributed by atoms with E-state index in [0.717, 1.165) is 5.38 Å². The Kier molecular flexibility index (Phi) is 4.95. The monoisotopic (exact) mass is 273 g/mol. The molecule has 0 fully saturated rings. The lowest BCUT2D eigenvalue weighted by molar-refractivity contribution is 0.628. The third kappa shape index (κ3) is 5.63. The summed E-state index contributed by atoms with van der Waals surface area (Å²) in [5.41, 5.74) is 0.716. The Balaban J connectivity index is 2.46. The number of rotatable bonds is 3. The fraction of sp³-hybridized carbons (Fsp3) is 0.364. The van der Waals surface area contributed by atoms with Gasteiger partial charge in [-0.05, 0) is 23.6 Å². The quantitative estimate of drug-likeness (QED) is 0.657. The fourth-order valence-corrected chi connectivity index (χ4v) is 4.10. The standard InChI is InChI=1S/C11H16FNS2Si/c1-16(2,3)8-15-11(14)13-10-6-4-5-9(12)7-10/h4-7H,8H2,1-3H3,(H,13,14). The van der Waals surface area contributed by atoms with Crippen LogP contribution >= 0.6 is 24.0 Å². The number of nitrogens with one attached hydrogen (secondary N) is 1. The molecule has 16 heavy (non-hydrogen) atoms. The van der Waals surface area contributed by atoms with Crippen molar-refractivity contribution >= 4 is 42.1 Å². The van der Waals surface area contributed by atoms with Gasteiger partial charge in [0.2, 0.25) is 0 Å². The van der Waals surface area contributed by atoms with E-state index in [0.29, 0.717) is 10.0 Å². The molecular formula is C11H16FNS2Si. The maximum atomic E-state index is 12.9. The molecule has 1 N–H and O–H groups in total. The number of thiocarbonyl (C=S) groups is 1. The fourth-order valence-electron chi connectivity index (χ4n) is 1.00. The minimum Gasteiger partial charge on any atom is -0.341 e. The zero-order chi connectivity index (χ0) is 12.2. The van der Waals surface area contributed by atoms with Crippen LogP contribution in [0.5, 0.6) is 0 Å². The van der Waals surface area contributed by atoms with Crippen LogP contribution in [-0.4, -0.2) is 17.8 Å². The molecule has 1 aromatic rings. The molecule has 0 heterocycles. The van der Waals surface area contributed by atoms with Gasteiger partial charge in [0.25, 0.3) is 0 Å². The van der Waals surface area contributed by atoms with Gasteiger partial charge >= 0.3 is 0 Å². The van der Waals surface area contributed by atoms with E-state index in [1.54, 1.807) is 17.8 Å². The van der Waals surface area contributed by atoms with Crippen molar-refractivity contribution in [1.82, 2.24) is 0 Å². The summed E-state index contributed by atoms with van der Waals surface area (Å²) in [4.78, 5) is 0. The van der Waals surface area contributed by atoms with E-state index in [2.05, 4.69) is 25.0 Å². The number of hydrogen-bond donors (Lipinski definition) is 1. The first-order valence-corrected chi connectivity index (χ1v) is 10.2. The van der Waals surface area contributed by atoms with E-state index in [9.17, 15) is 4.39 Å². The molecule has 0 saturated heterocycles. The summed E-state index contributed by atoms with van der Waals surface area (Å²) in [6.45, 7) is 6.89. The molecule has 0 aromatic heterocycles. The third-order valence-corrected chi connectivity index (χ3v) is 6.57. The summed E-state index contributed by atoms with van der Waals surface area (Å²) in [6.07, 6.45) is 0. The lowest BCUT2D eigenvalue weighted by Crippen LogP contribution is -2.25. The summed E-state index contributed by atoms with van der Waals surface area (Å²) in [5.74, 6) is -0.247. The summed E-state index contributed by atoms with van der Waals surface area (Å²) < 4.78 is 13.6. The van der Waals surface area contributed by atoms with Crippen molar-refractivity contribution in [2.45, 2.75) is 19.6 Å². The maximum absolute atomic E-state index is 12.9. The highest BCUT2D eigenvalue weighted by Gasteiger charge is 2.14. The predicted octanol–water partition coefficient (Wildman–Crippen LogP) is 4.13. The predicted molar refractivity (Wildman–Crippen MR) is 78.4 cm³/mol. The molecule has 5 heteroatoms. The van der Waals surface area contributed by atoms with Crippen molar-refractivity contribution in [3.63, 3.8) is 0 Å². The molecule has 0 aliphatic heterocycles. The molecule has 0 unspecified atom stereocenters. The largest absolute Gasteiger partial charge is 0.341 e. The molecule has 1 nitrogen and oxygen atoms in total. The molecule has 88 valence electrons. The second-order valence-corrected chi connectivity index (χ2v) is 12.4. The zero-order valence-corrected chi connectivity index (χ0v) is 12.3. The van der Waals surface area contributed by atoms with Crippen molar-refractivity contribution in [2.24, 2.45) is 0 Å². The number of benzene rings is 1. The Labute approximate surface area is 107 Å². The van der Waals surface area contributed by atoms with E-state index in [1.165, 1.54) is 12.1 Å². The lowest BCUT2D eigenvalue weighted by Gasteiger charge is -2.15. The van der Waals surface area contributed by atoms with Crippen LogP contribution in [0, 0.1) is 5.82 Å². The van der Waals surface area contributed by atoms with Gasteiger partial charge in [0, 0.05) is 5.69 Å². The highest BCUT2D eigenvalue weighted by molar-refractivity contribution is 8.24. The molecule has 0 atom stereocenters. The Hall–Kier alpha value is -0.393. The maximum Gasteiger partial charge on any atom is 0.137 e. The molecular weight excluding hydrogens is 257 g/mol. The molecule has 0 spiro atoms. The number of hydrogen-bond acceptors (Lipinski definition) is 2. The first-order chi connectivity index (χ1) is 7.37. The molecule has 0 amide bonds. The van der Waals surface area contributed by atoms with Crippen LogP contribution in [0.25, 0.3) is 0 Å². The minimum atomic E-state index is -1.09. The van der Waals surface area contributed by atoms with Crippen LogP contribution in [-0.2, 0) is 0 Å². The SMILES string of the molecule is C[Si](C)(C)CSC(=S)Nc1cccc(F)c1. The summed E-state index contributed by atoms with van der Waals surface area (Å²) in [5, 5.41) is 4.11. The molecule has 0 aliphatic rings. The number of thioether (sulfide) groups is 1. The topological polar surface area (TPSA) is 12.0 Å². The number of halogens is 1. The van der Waals surface area contributed by atoms with Crippen molar-refractivity contribution in [3.8, 4) is 0 Å². The molecule has 1 aromatic carbocycles. The summed E-state index contributed by atoms with van der Waals surface area (Å²) in [7, 11) is -1.09. The lowest BCUT2D eigenvalue weighted by atomic mass is 10.3. The van der Waals surface area contributed by atoms with Crippen LogP contribution in [0.4, 0.5) is 10.1 Å². The first kappa shape index (κ1) is 13.7. The van der Waals surface area contributed by atoms with E-state index in [-0.39, 0.29) is 5.82 Å². The van der Waals surface area contributed by atoms with Crippen LogP contribution in [0.2, 0.25) is 19.6 Å². The van der Waals surface area contributed by atoms with Crippen LogP contribution in [0.15, 0.2) is 24.3 Å². The molecule has 1 rings (SSSR count). The van der Waals surface area contributed by atoms with Crippen LogP contribution in [0.1, 0.15) is 0 Å². The van der Waals surface area contributed by atoms with Gasteiger partial charge in [-0.3, -0.25) is 0 Å². The van der Waals surface area contributed by atoms with Gasteiger partial charge in [-0.25, -0.2) is 4.39 Å². The second kappa shape index (κ2) is 5.79. The van der Waals surface area contributed by atoms with Crippen molar-refractivity contribution in [2.75, 3.05) is 10.7 Å². The van der Waals surface area contributed by atoms with Gasteiger partial charge in [0.1, 0.15) is 10.1 Å². The van der Waals surface area contributed by atoms with E-state index >= 15 is 0 Å².